The molecule has 1 saturated heterocycles. The van der Waals surface area contributed by atoms with Gasteiger partial charge in [0.25, 0.3) is 5.91 Å². The number of carbonyl (C=O) groups excluding carboxylic acids is 2. The van der Waals surface area contributed by atoms with Crippen molar-refractivity contribution in [2.75, 3.05) is 11.4 Å². The molecule has 0 unspecified atom stereocenters. The van der Waals surface area contributed by atoms with Gasteiger partial charge >= 0.3 is 0 Å². The second-order valence-corrected chi connectivity index (χ2v) is 5.68. The first-order valence-electron chi connectivity index (χ1n) is 7.58. The highest BCUT2D eigenvalue weighted by atomic mass is 16.2. The maximum absolute atomic E-state index is 12.2. The number of anilines is 1. The van der Waals surface area contributed by atoms with Crippen molar-refractivity contribution in [2.45, 2.75) is 26.3 Å². The summed E-state index contributed by atoms with van der Waals surface area (Å²) in [6.07, 6.45) is 4.83. The first-order chi connectivity index (χ1) is 11.0. The monoisotopic (exact) mass is 313 g/mol. The highest BCUT2D eigenvalue weighted by molar-refractivity contribution is 5.95. The van der Waals surface area contributed by atoms with Gasteiger partial charge in [-0.25, -0.2) is 0 Å². The average molecular weight is 313 g/mol. The molecule has 1 N–H and O–H groups in total. The summed E-state index contributed by atoms with van der Waals surface area (Å²) in [6.45, 7) is 2.92. The van der Waals surface area contributed by atoms with Crippen molar-refractivity contribution in [3.05, 3.63) is 41.5 Å². The summed E-state index contributed by atoms with van der Waals surface area (Å²) in [5.41, 5.74) is 2.96. The fraction of sp³-hybridized carbons (Fsp3) is 0.375. The van der Waals surface area contributed by atoms with E-state index in [-0.39, 0.29) is 11.8 Å². The molecule has 3 rings (SSSR count). The van der Waals surface area contributed by atoms with E-state index in [2.05, 4.69) is 15.4 Å². The third-order valence-electron chi connectivity index (χ3n) is 3.85. The van der Waals surface area contributed by atoms with Crippen LogP contribution >= 0.6 is 0 Å². The largest absolute Gasteiger partial charge is 0.347 e. The van der Waals surface area contributed by atoms with E-state index < -0.39 is 0 Å². The molecule has 1 aliphatic rings. The standard InChI is InChI=1S/C16H19N5O2/c1-11-6-14(20(2)19-11)16(23)18-9-12-7-13(10-17-8-12)21-5-3-4-15(21)22/h6-8,10H,3-5,9H2,1-2H3,(H,18,23). The van der Waals surface area contributed by atoms with E-state index in [1.54, 1.807) is 35.1 Å². The van der Waals surface area contributed by atoms with Gasteiger partial charge < -0.3 is 10.2 Å². The van der Waals surface area contributed by atoms with Gasteiger partial charge in [-0.1, -0.05) is 0 Å². The molecule has 0 aliphatic carbocycles. The Labute approximate surface area is 134 Å². The van der Waals surface area contributed by atoms with Crippen molar-refractivity contribution in [1.82, 2.24) is 20.1 Å². The second-order valence-electron chi connectivity index (χ2n) is 5.68. The van der Waals surface area contributed by atoms with Crippen molar-refractivity contribution >= 4 is 17.5 Å². The minimum absolute atomic E-state index is 0.123. The predicted octanol–water partition coefficient (Wildman–Crippen LogP) is 1.18. The summed E-state index contributed by atoms with van der Waals surface area (Å²) in [4.78, 5) is 29.9. The number of amides is 2. The van der Waals surface area contributed by atoms with E-state index in [4.69, 9.17) is 0 Å². The normalized spacial score (nSPS) is 14.3. The Morgan fingerprint density at radius 2 is 2.17 bits per heavy atom. The highest BCUT2D eigenvalue weighted by Crippen LogP contribution is 2.21. The molecule has 23 heavy (non-hydrogen) atoms. The van der Waals surface area contributed by atoms with Crippen LogP contribution in [0.15, 0.2) is 24.5 Å². The van der Waals surface area contributed by atoms with Crippen LogP contribution in [0, 0.1) is 6.92 Å². The zero-order valence-electron chi connectivity index (χ0n) is 13.2. The van der Waals surface area contributed by atoms with Gasteiger partial charge in [-0.15, -0.1) is 0 Å². The Bertz CT molecular complexity index is 753. The molecule has 0 spiro atoms. The maximum atomic E-state index is 12.2. The summed E-state index contributed by atoms with van der Waals surface area (Å²) in [5, 5.41) is 7.02. The van der Waals surface area contributed by atoms with Gasteiger partial charge in [0.1, 0.15) is 5.69 Å². The Balaban J connectivity index is 1.68. The molecule has 120 valence electrons. The maximum Gasteiger partial charge on any atom is 0.269 e. The fourth-order valence-corrected chi connectivity index (χ4v) is 2.74. The lowest BCUT2D eigenvalue weighted by Crippen LogP contribution is -2.26. The Morgan fingerprint density at radius 1 is 1.35 bits per heavy atom. The predicted molar refractivity (Wildman–Crippen MR) is 84.9 cm³/mol. The lowest BCUT2D eigenvalue weighted by atomic mass is 10.2. The first-order valence-corrected chi connectivity index (χ1v) is 7.58. The number of nitrogens with zero attached hydrogens (tertiary/aromatic N) is 4. The van der Waals surface area contributed by atoms with Crippen LogP contribution in [0.3, 0.4) is 0 Å². The number of hydrogen-bond acceptors (Lipinski definition) is 4. The van der Waals surface area contributed by atoms with Gasteiger partial charge in [-0.3, -0.25) is 19.3 Å². The van der Waals surface area contributed by atoms with Crippen LogP contribution in [0.4, 0.5) is 5.69 Å². The van der Waals surface area contributed by atoms with Gasteiger partial charge in [0, 0.05) is 32.8 Å². The summed E-state index contributed by atoms with van der Waals surface area (Å²) in [7, 11) is 1.74. The van der Waals surface area contributed by atoms with E-state index in [1.165, 1.54) is 0 Å². The van der Waals surface area contributed by atoms with Crippen LogP contribution in [0.5, 0.6) is 0 Å². The molecule has 7 nitrogen and oxygen atoms in total. The number of rotatable bonds is 4. The molecule has 0 aromatic carbocycles. The van der Waals surface area contributed by atoms with E-state index in [1.807, 2.05) is 13.0 Å². The van der Waals surface area contributed by atoms with E-state index >= 15 is 0 Å². The Kier molecular flexibility index (Phi) is 4.10. The number of hydrogen-bond donors (Lipinski definition) is 1. The fourth-order valence-electron chi connectivity index (χ4n) is 2.74. The number of carbonyl (C=O) groups is 2. The molecule has 1 fully saturated rings. The van der Waals surface area contributed by atoms with Gasteiger partial charge in [0.05, 0.1) is 17.6 Å². The summed E-state index contributed by atoms with van der Waals surface area (Å²) >= 11 is 0. The van der Waals surface area contributed by atoms with E-state index in [0.717, 1.165) is 29.9 Å². The van der Waals surface area contributed by atoms with Crippen molar-refractivity contribution in [2.24, 2.45) is 7.05 Å². The van der Waals surface area contributed by atoms with Crippen LogP contribution in [0.25, 0.3) is 0 Å². The second kappa shape index (κ2) is 6.20. The van der Waals surface area contributed by atoms with Gasteiger partial charge in [0.15, 0.2) is 0 Å². The minimum Gasteiger partial charge on any atom is -0.347 e. The molecule has 0 radical (unpaired) electrons. The van der Waals surface area contributed by atoms with Crippen LogP contribution in [-0.4, -0.2) is 33.1 Å². The zero-order chi connectivity index (χ0) is 16.4. The van der Waals surface area contributed by atoms with Crippen LogP contribution in [0.1, 0.15) is 34.6 Å². The summed E-state index contributed by atoms with van der Waals surface area (Å²) in [6, 6.07) is 3.64. The third kappa shape index (κ3) is 3.23. The Hall–Kier alpha value is -2.70. The molecule has 2 aromatic heterocycles. The Morgan fingerprint density at radius 3 is 2.83 bits per heavy atom. The van der Waals surface area contributed by atoms with Gasteiger partial charge in [0.2, 0.25) is 5.91 Å². The minimum atomic E-state index is -0.184. The zero-order valence-corrected chi connectivity index (χ0v) is 13.2. The number of aryl methyl sites for hydroxylation is 2. The average Bonchev–Trinajstić information content (AvgIpc) is 3.10. The SMILES string of the molecule is Cc1cc(C(=O)NCc2cncc(N3CCCC3=O)c2)n(C)n1. The van der Waals surface area contributed by atoms with Crippen molar-refractivity contribution < 1.29 is 9.59 Å². The molecular formula is C16H19N5O2. The number of aromatic nitrogens is 3. The molecule has 0 atom stereocenters. The van der Waals surface area contributed by atoms with Crippen LogP contribution < -0.4 is 10.2 Å². The molecular weight excluding hydrogens is 294 g/mol. The number of nitrogens with one attached hydrogen (secondary N) is 1. The van der Waals surface area contributed by atoms with Crippen molar-refractivity contribution in [3.8, 4) is 0 Å². The van der Waals surface area contributed by atoms with E-state index in [9.17, 15) is 9.59 Å². The van der Waals surface area contributed by atoms with Crippen LogP contribution in [0.2, 0.25) is 0 Å². The lowest BCUT2D eigenvalue weighted by Gasteiger charge is -2.16. The molecule has 0 bridgehead atoms. The molecule has 3 heterocycles. The van der Waals surface area contributed by atoms with Crippen molar-refractivity contribution in [3.63, 3.8) is 0 Å². The van der Waals surface area contributed by atoms with E-state index in [0.29, 0.717) is 18.7 Å². The molecule has 2 amide bonds. The lowest BCUT2D eigenvalue weighted by molar-refractivity contribution is -0.117. The highest BCUT2D eigenvalue weighted by Gasteiger charge is 2.22. The summed E-state index contributed by atoms with van der Waals surface area (Å²) in [5.74, 6) is -0.0610. The number of pyridine rings is 1. The van der Waals surface area contributed by atoms with Gasteiger partial charge in [-0.2, -0.15) is 5.10 Å². The van der Waals surface area contributed by atoms with Crippen LogP contribution in [-0.2, 0) is 18.4 Å². The smallest absolute Gasteiger partial charge is 0.269 e. The van der Waals surface area contributed by atoms with Gasteiger partial charge in [-0.05, 0) is 31.0 Å². The molecule has 2 aromatic rings. The van der Waals surface area contributed by atoms with Crippen molar-refractivity contribution in [1.29, 1.82) is 0 Å². The third-order valence-corrected chi connectivity index (χ3v) is 3.85. The summed E-state index contributed by atoms with van der Waals surface area (Å²) < 4.78 is 1.56. The first kappa shape index (κ1) is 15.2. The molecule has 1 aliphatic heterocycles. The molecule has 0 saturated carbocycles. The quantitative estimate of drug-likeness (QED) is 0.919. The topological polar surface area (TPSA) is 80.1 Å². The molecule has 7 heteroatoms.